The Hall–Kier alpha value is -1.28. The number of furan rings is 1. The van der Waals surface area contributed by atoms with E-state index in [0.717, 1.165) is 31.0 Å². The summed E-state index contributed by atoms with van der Waals surface area (Å²) in [5.41, 5.74) is 2.43. The summed E-state index contributed by atoms with van der Waals surface area (Å²) in [6.45, 7) is 4.35. The molecule has 1 aromatic heterocycles. The van der Waals surface area contributed by atoms with Gasteiger partial charge in [0.25, 0.3) is 0 Å². The fraction of sp³-hybridized carbons (Fsp3) is 0.579. The van der Waals surface area contributed by atoms with Crippen LogP contribution < -0.4 is 5.32 Å². The Balaban J connectivity index is 1.71. The van der Waals surface area contributed by atoms with Crippen molar-refractivity contribution in [3.05, 3.63) is 35.6 Å². The van der Waals surface area contributed by atoms with Gasteiger partial charge in [0.1, 0.15) is 11.3 Å². The van der Waals surface area contributed by atoms with Crippen molar-refractivity contribution in [1.82, 2.24) is 5.32 Å². The maximum atomic E-state index is 6.08. The van der Waals surface area contributed by atoms with Gasteiger partial charge in [-0.05, 0) is 37.8 Å². The Labute approximate surface area is 127 Å². The highest BCUT2D eigenvalue weighted by Crippen LogP contribution is 2.28. The molecule has 1 saturated carbocycles. The Morgan fingerprint density at radius 3 is 2.81 bits per heavy atom. The molecule has 0 spiro atoms. The van der Waals surface area contributed by atoms with Crippen molar-refractivity contribution >= 4 is 11.0 Å². The summed E-state index contributed by atoms with van der Waals surface area (Å²) in [6.07, 6.45) is 9.13. The lowest BCUT2D eigenvalue weighted by atomic mass is 10.1. The van der Waals surface area contributed by atoms with E-state index in [9.17, 15) is 0 Å². The number of para-hydroxylation sites is 1. The second kappa shape index (κ2) is 7.13. The fourth-order valence-corrected chi connectivity index (χ4v) is 3.50. The number of benzene rings is 1. The monoisotopic (exact) mass is 285 g/mol. The number of fused-ring (bicyclic) bond motifs is 1. The molecule has 1 heterocycles. The molecule has 2 heteroatoms. The van der Waals surface area contributed by atoms with Crippen LogP contribution >= 0.6 is 0 Å². The first-order chi connectivity index (χ1) is 10.4. The molecule has 2 nitrogen and oxygen atoms in total. The molecule has 0 atom stereocenters. The lowest BCUT2D eigenvalue weighted by Gasteiger charge is -2.10. The number of rotatable bonds is 7. The predicted octanol–water partition coefficient (Wildman–Crippen LogP) is 5.06. The molecule has 1 aromatic carbocycles. The van der Waals surface area contributed by atoms with E-state index in [2.05, 4.69) is 36.5 Å². The minimum atomic E-state index is 0.891. The molecule has 1 aliphatic rings. The lowest BCUT2D eigenvalue weighted by Crippen LogP contribution is -2.21. The van der Waals surface area contributed by atoms with Gasteiger partial charge < -0.3 is 9.73 Å². The van der Waals surface area contributed by atoms with Crippen molar-refractivity contribution in [3.8, 4) is 0 Å². The molecule has 0 bridgehead atoms. The molecule has 0 radical (unpaired) electrons. The summed E-state index contributed by atoms with van der Waals surface area (Å²) in [5, 5.41) is 4.97. The van der Waals surface area contributed by atoms with Crippen LogP contribution in [0.5, 0.6) is 0 Å². The van der Waals surface area contributed by atoms with Gasteiger partial charge in [-0.25, -0.2) is 0 Å². The predicted molar refractivity (Wildman–Crippen MR) is 88.5 cm³/mol. The smallest absolute Gasteiger partial charge is 0.134 e. The Morgan fingerprint density at radius 1 is 1.19 bits per heavy atom. The van der Waals surface area contributed by atoms with Crippen molar-refractivity contribution in [2.45, 2.75) is 58.4 Å². The van der Waals surface area contributed by atoms with E-state index in [1.54, 1.807) is 0 Å². The average molecular weight is 285 g/mol. The van der Waals surface area contributed by atoms with Gasteiger partial charge in [-0.15, -0.1) is 0 Å². The van der Waals surface area contributed by atoms with Crippen LogP contribution in [0.3, 0.4) is 0 Å². The van der Waals surface area contributed by atoms with Crippen LogP contribution in [0, 0.1) is 5.92 Å². The van der Waals surface area contributed by atoms with E-state index in [1.807, 2.05) is 0 Å². The number of nitrogens with one attached hydrogen (secondary N) is 1. The van der Waals surface area contributed by atoms with Crippen LogP contribution in [0.1, 0.15) is 56.8 Å². The lowest BCUT2D eigenvalue weighted by molar-refractivity contribution is 0.481. The van der Waals surface area contributed by atoms with Crippen molar-refractivity contribution in [2.24, 2.45) is 5.92 Å². The molecular formula is C19H27NO. The van der Waals surface area contributed by atoms with Gasteiger partial charge in [-0.2, -0.15) is 0 Å². The molecule has 3 rings (SSSR count). The van der Waals surface area contributed by atoms with Gasteiger partial charge in [0.05, 0.1) is 0 Å². The first kappa shape index (κ1) is 14.6. The van der Waals surface area contributed by atoms with Crippen LogP contribution in [0.2, 0.25) is 0 Å². The van der Waals surface area contributed by atoms with Gasteiger partial charge in [0.15, 0.2) is 0 Å². The number of hydrogen-bond donors (Lipinski definition) is 1. The third-order valence-electron chi connectivity index (χ3n) is 4.75. The molecule has 1 fully saturated rings. The third-order valence-corrected chi connectivity index (χ3v) is 4.75. The summed E-state index contributed by atoms with van der Waals surface area (Å²) in [6, 6.07) is 8.46. The topological polar surface area (TPSA) is 25.2 Å². The van der Waals surface area contributed by atoms with Crippen molar-refractivity contribution in [1.29, 1.82) is 0 Å². The zero-order chi connectivity index (χ0) is 14.5. The maximum absolute atomic E-state index is 6.08. The first-order valence-electron chi connectivity index (χ1n) is 8.58. The molecule has 114 valence electrons. The summed E-state index contributed by atoms with van der Waals surface area (Å²) in [7, 11) is 0. The maximum Gasteiger partial charge on any atom is 0.134 e. The zero-order valence-corrected chi connectivity index (χ0v) is 13.2. The second-order valence-corrected chi connectivity index (χ2v) is 6.38. The van der Waals surface area contributed by atoms with Gasteiger partial charge in [0.2, 0.25) is 0 Å². The summed E-state index contributed by atoms with van der Waals surface area (Å²) < 4.78 is 6.08. The van der Waals surface area contributed by atoms with Crippen LogP contribution in [0.4, 0.5) is 0 Å². The fourth-order valence-electron chi connectivity index (χ4n) is 3.50. The second-order valence-electron chi connectivity index (χ2n) is 6.38. The summed E-state index contributed by atoms with van der Waals surface area (Å²) >= 11 is 0. The average Bonchev–Trinajstić information content (AvgIpc) is 3.13. The first-order valence-corrected chi connectivity index (χ1v) is 8.58. The number of aryl methyl sites for hydroxylation is 1. The molecule has 1 N–H and O–H groups in total. The number of unbranched alkanes of at least 4 members (excludes halogenated alkanes) is 1. The van der Waals surface area contributed by atoms with E-state index in [1.165, 1.54) is 55.2 Å². The minimum absolute atomic E-state index is 0.891. The summed E-state index contributed by atoms with van der Waals surface area (Å²) in [5.74, 6) is 2.08. The third kappa shape index (κ3) is 3.49. The zero-order valence-electron chi connectivity index (χ0n) is 13.2. The molecule has 0 amide bonds. The largest absolute Gasteiger partial charge is 0.461 e. The molecule has 1 aliphatic carbocycles. The van der Waals surface area contributed by atoms with Crippen LogP contribution in [0.15, 0.2) is 28.7 Å². The van der Waals surface area contributed by atoms with E-state index >= 15 is 0 Å². The Kier molecular flexibility index (Phi) is 4.97. The normalized spacial score (nSPS) is 16.0. The SMILES string of the molecule is CCCCc1oc2ccccc2c1CNCC1CCCC1. The Morgan fingerprint density at radius 2 is 2.00 bits per heavy atom. The summed E-state index contributed by atoms with van der Waals surface area (Å²) in [4.78, 5) is 0. The van der Waals surface area contributed by atoms with Crippen molar-refractivity contribution in [2.75, 3.05) is 6.54 Å². The Bertz CT molecular complexity index is 566. The molecule has 0 saturated heterocycles. The number of hydrogen-bond acceptors (Lipinski definition) is 2. The van der Waals surface area contributed by atoms with E-state index in [4.69, 9.17) is 4.42 Å². The van der Waals surface area contributed by atoms with Gasteiger partial charge in [-0.1, -0.05) is 44.4 Å². The highest BCUT2D eigenvalue weighted by molar-refractivity contribution is 5.82. The molecular weight excluding hydrogens is 258 g/mol. The highest BCUT2D eigenvalue weighted by Gasteiger charge is 2.16. The van der Waals surface area contributed by atoms with E-state index < -0.39 is 0 Å². The molecule has 2 aromatic rings. The van der Waals surface area contributed by atoms with Crippen LogP contribution in [-0.2, 0) is 13.0 Å². The van der Waals surface area contributed by atoms with Crippen LogP contribution in [0.25, 0.3) is 11.0 Å². The van der Waals surface area contributed by atoms with E-state index in [-0.39, 0.29) is 0 Å². The van der Waals surface area contributed by atoms with Gasteiger partial charge >= 0.3 is 0 Å². The quantitative estimate of drug-likeness (QED) is 0.769. The van der Waals surface area contributed by atoms with Crippen molar-refractivity contribution in [3.63, 3.8) is 0 Å². The molecule has 21 heavy (non-hydrogen) atoms. The minimum Gasteiger partial charge on any atom is -0.461 e. The standard InChI is InChI=1S/C19H27NO/c1-2-3-11-19-17(14-20-13-15-8-4-5-9-15)16-10-6-7-12-18(16)21-19/h6-7,10,12,15,20H,2-5,8-9,11,13-14H2,1H3. The van der Waals surface area contributed by atoms with Crippen LogP contribution in [-0.4, -0.2) is 6.54 Å². The van der Waals surface area contributed by atoms with Crippen molar-refractivity contribution < 1.29 is 4.42 Å². The van der Waals surface area contributed by atoms with Gasteiger partial charge in [-0.3, -0.25) is 0 Å². The van der Waals surface area contributed by atoms with E-state index in [0.29, 0.717) is 0 Å². The molecule has 0 aliphatic heterocycles. The van der Waals surface area contributed by atoms with Gasteiger partial charge in [0, 0.05) is 23.9 Å². The highest BCUT2D eigenvalue weighted by atomic mass is 16.3. The molecule has 0 unspecified atom stereocenters.